The minimum atomic E-state index is -2.01. The van der Waals surface area contributed by atoms with Crippen LogP contribution in [0.4, 0.5) is 0 Å². The van der Waals surface area contributed by atoms with Crippen LogP contribution >= 0.6 is 0 Å². The normalized spacial score (nSPS) is 46.6. The molecular weight excluding hydrogens is 318 g/mol. The summed E-state index contributed by atoms with van der Waals surface area (Å²) in [6.45, 7) is 0.389. The van der Waals surface area contributed by atoms with Crippen LogP contribution in [0, 0.1) is 28.6 Å². The monoisotopic (exact) mass is 352 g/mol. The van der Waals surface area contributed by atoms with Crippen molar-refractivity contribution in [2.45, 2.75) is 64.8 Å². The predicted molar refractivity (Wildman–Crippen MR) is 105 cm³/mol. The van der Waals surface area contributed by atoms with Crippen LogP contribution in [-0.2, 0) is 0 Å². The molecule has 5 rings (SSSR count). The molecule has 2 saturated carbocycles. The quantitative estimate of drug-likeness (QED) is 0.687. The molecule has 26 heavy (non-hydrogen) atoms. The molecule has 0 aromatic carbocycles. The SMILES string of the molecule is [2H]C([2H])([2H])[C@]12CC[C@H](O)CC1=CCC1C3CC=C(c4cccnc4)[C@@]3(C)CCC12. The summed E-state index contributed by atoms with van der Waals surface area (Å²) in [6, 6.07) is 4.16. The van der Waals surface area contributed by atoms with Gasteiger partial charge in [-0.1, -0.05) is 37.6 Å². The highest BCUT2D eigenvalue weighted by molar-refractivity contribution is 5.72. The first kappa shape index (κ1) is 13.7. The maximum Gasteiger partial charge on any atom is 0.0577 e. The van der Waals surface area contributed by atoms with Gasteiger partial charge in [-0.15, -0.1) is 0 Å². The molecule has 0 aliphatic heterocycles. The molecule has 1 aromatic heterocycles. The number of aliphatic hydroxyl groups excluding tert-OH is 1. The third kappa shape index (κ3) is 2.24. The first-order valence-electron chi connectivity index (χ1n) is 11.8. The Morgan fingerprint density at radius 1 is 1.15 bits per heavy atom. The number of allylic oxidation sites excluding steroid dienone is 3. The Hall–Kier alpha value is -1.41. The van der Waals surface area contributed by atoms with Crippen molar-refractivity contribution in [3.63, 3.8) is 0 Å². The third-order valence-corrected chi connectivity index (χ3v) is 8.16. The molecule has 0 saturated heterocycles. The minimum Gasteiger partial charge on any atom is -0.393 e. The summed E-state index contributed by atoms with van der Waals surface area (Å²) in [6.07, 6.45) is 13.8. The van der Waals surface area contributed by atoms with Crippen LogP contribution in [0.1, 0.15) is 68.4 Å². The Balaban J connectivity index is 1.53. The summed E-state index contributed by atoms with van der Waals surface area (Å²) >= 11 is 0. The van der Waals surface area contributed by atoms with Crippen LogP contribution in [0.2, 0.25) is 0 Å². The van der Waals surface area contributed by atoms with Crippen LogP contribution in [-0.4, -0.2) is 16.2 Å². The zero-order valence-corrected chi connectivity index (χ0v) is 15.6. The summed E-state index contributed by atoms with van der Waals surface area (Å²) in [5.74, 6) is 1.08. The number of nitrogens with zero attached hydrogens (tertiary/aromatic N) is 1. The van der Waals surface area contributed by atoms with E-state index in [1.54, 1.807) is 0 Å². The van der Waals surface area contributed by atoms with E-state index in [9.17, 15) is 5.11 Å². The van der Waals surface area contributed by atoms with Crippen molar-refractivity contribution in [1.29, 1.82) is 0 Å². The number of fused-ring (bicyclic) bond motifs is 5. The van der Waals surface area contributed by atoms with Crippen molar-refractivity contribution in [2.75, 3.05) is 0 Å². The van der Waals surface area contributed by atoms with Crippen LogP contribution in [0.5, 0.6) is 0 Å². The van der Waals surface area contributed by atoms with Gasteiger partial charge in [0.1, 0.15) is 0 Å². The molecular formula is C24H31NO. The van der Waals surface area contributed by atoms with E-state index in [0.29, 0.717) is 31.1 Å². The van der Waals surface area contributed by atoms with Gasteiger partial charge in [-0.25, -0.2) is 0 Å². The molecule has 2 nitrogen and oxygen atoms in total. The fourth-order valence-corrected chi connectivity index (χ4v) is 6.83. The van der Waals surface area contributed by atoms with Crippen molar-refractivity contribution in [3.05, 3.63) is 47.8 Å². The lowest BCUT2D eigenvalue weighted by Gasteiger charge is -2.57. The second-order valence-corrected chi connectivity index (χ2v) is 9.26. The van der Waals surface area contributed by atoms with Crippen LogP contribution < -0.4 is 0 Å². The Kier molecular flexibility index (Phi) is 3.05. The van der Waals surface area contributed by atoms with E-state index < -0.39 is 12.3 Å². The summed E-state index contributed by atoms with van der Waals surface area (Å²) < 4.78 is 25.6. The van der Waals surface area contributed by atoms with Crippen LogP contribution in [0.15, 0.2) is 42.3 Å². The second-order valence-electron chi connectivity index (χ2n) is 9.26. The van der Waals surface area contributed by atoms with Gasteiger partial charge in [-0.3, -0.25) is 4.98 Å². The fourth-order valence-electron chi connectivity index (χ4n) is 6.83. The lowest BCUT2D eigenvalue weighted by Crippen LogP contribution is -2.49. The molecule has 6 atom stereocenters. The molecule has 0 bridgehead atoms. The van der Waals surface area contributed by atoms with Gasteiger partial charge in [-0.2, -0.15) is 0 Å². The Morgan fingerprint density at radius 2 is 2.04 bits per heavy atom. The van der Waals surface area contributed by atoms with E-state index in [0.717, 1.165) is 31.3 Å². The number of aromatic nitrogens is 1. The molecule has 3 unspecified atom stereocenters. The van der Waals surface area contributed by atoms with Gasteiger partial charge < -0.3 is 5.11 Å². The van der Waals surface area contributed by atoms with Crippen molar-refractivity contribution >= 4 is 5.57 Å². The van der Waals surface area contributed by atoms with Crippen molar-refractivity contribution < 1.29 is 9.22 Å². The average Bonchev–Trinajstić information content (AvgIpc) is 3.04. The van der Waals surface area contributed by atoms with E-state index in [2.05, 4.69) is 30.1 Å². The summed E-state index contributed by atoms with van der Waals surface area (Å²) in [5, 5.41) is 10.2. The summed E-state index contributed by atoms with van der Waals surface area (Å²) in [7, 11) is 0. The van der Waals surface area contributed by atoms with Gasteiger partial charge in [0.05, 0.1) is 6.10 Å². The van der Waals surface area contributed by atoms with E-state index in [4.69, 9.17) is 4.11 Å². The molecule has 2 heteroatoms. The topological polar surface area (TPSA) is 33.1 Å². The molecule has 138 valence electrons. The zero-order chi connectivity index (χ0) is 20.4. The number of rotatable bonds is 1. The van der Waals surface area contributed by atoms with Gasteiger partial charge in [0.25, 0.3) is 0 Å². The lowest BCUT2D eigenvalue weighted by atomic mass is 9.47. The average molecular weight is 353 g/mol. The van der Waals surface area contributed by atoms with Gasteiger partial charge in [0, 0.05) is 16.5 Å². The standard InChI is InChI=1S/C24H31NO/c1-23-11-9-18(26)14-17(23)5-6-19-21-8-7-20(16-4-3-13-25-15-16)24(21,2)12-10-22(19)23/h3-5,7,13,15,18-19,21-22,26H,6,8-12,14H2,1-2H3/t18-,19?,21?,22?,23-,24+/m0/s1/i1D3. The van der Waals surface area contributed by atoms with E-state index >= 15 is 0 Å². The van der Waals surface area contributed by atoms with Crippen molar-refractivity contribution in [3.8, 4) is 0 Å². The summed E-state index contributed by atoms with van der Waals surface area (Å²) in [4.78, 5) is 4.34. The van der Waals surface area contributed by atoms with Crippen LogP contribution in [0.3, 0.4) is 0 Å². The third-order valence-electron chi connectivity index (χ3n) is 8.16. The van der Waals surface area contributed by atoms with Crippen molar-refractivity contribution in [2.24, 2.45) is 28.6 Å². The number of aliphatic hydroxyl groups is 1. The molecule has 1 N–H and O–H groups in total. The zero-order valence-electron chi connectivity index (χ0n) is 18.6. The Labute approximate surface area is 161 Å². The molecule has 1 aromatic rings. The van der Waals surface area contributed by atoms with Gasteiger partial charge in [-0.05, 0) is 90.7 Å². The maximum absolute atomic E-state index is 10.2. The number of hydrogen-bond donors (Lipinski definition) is 1. The highest BCUT2D eigenvalue weighted by Gasteiger charge is 2.56. The van der Waals surface area contributed by atoms with Gasteiger partial charge >= 0.3 is 0 Å². The summed E-state index contributed by atoms with van der Waals surface area (Å²) in [5.41, 5.74) is 3.02. The molecule has 0 amide bonds. The van der Waals surface area contributed by atoms with Crippen molar-refractivity contribution in [1.82, 2.24) is 4.98 Å². The Bertz CT molecular complexity index is 861. The lowest BCUT2D eigenvalue weighted by molar-refractivity contribution is -0.0238. The number of hydrogen-bond acceptors (Lipinski definition) is 2. The Morgan fingerprint density at radius 3 is 2.85 bits per heavy atom. The van der Waals surface area contributed by atoms with Gasteiger partial charge in [0.15, 0.2) is 0 Å². The first-order chi connectivity index (χ1) is 13.8. The van der Waals surface area contributed by atoms with E-state index in [-0.39, 0.29) is 17.4 Å². The minimum absolute atomic E-state index is 0.0969. The van der Waals surface area contributed by atoms with E-state index in [1.165, 1.54) is 11.1 Å². The molecule has 2 fully saturated rings. The highest BCUT2D eigenvalue weighted by atomic mass is 16.3. The smallest absolute Gasteiger partial charge is 0.0577 e. The molecule has 1 heterocycles. The highest BCUT2D eigenvalue weighted by Crippen LogP contribution is 2.66. The molecule has 4 aliphatic carbocycles. The maximum atomic E-state index is 10.2. The van der Waals surface area contributed by atoms with Crippen LogP contribution in [0.25, 0.3) is 5.57 Å². The first-order valence-corrected chi connectivity index (χ1v) is 10.3. The second kappa shape index (κ2) is 5.79. The van der Waals surface area contributed by atoms with E-state index in [1.807, 2.05) is 18.5 Å². The fraction of sp³-hybridized carbons (Fsp3) is 0.625. The number of pyridine rings is 1. The largest absolute Gasteiger partial charge is 0.393 e. The molecule has 4 aliphatic rings. The molecule has 0 radical (unpaired) electrons. The predicted octanol–water partition coefficient (Wildman–Crippen LogP) is 5.40. The van der Waals surface area contributed by atoms with Gasteiger partial charge in [0.2, 0.25) is 0 Å². The molecule has 0 spiro atoms.